The molecule has 17 heavy (non-hydrogen) atoms. The maximum atomic E-state index is 11.7. The molecular weight excluding hydrogens is 216 g/mol. The van der Waals surface area contributed by atoms with Crippen molar-refractivity contribution in [2.24, 2.45) is 5.92 Å². The third kappa shape index (κ3) is 2.11. The highest BCUT2D eigenvalue weighted by Gasteiger charge is 2.45. The van der Waals surface area contributed by atoms with Gasteiger partial charge in [0.25, 0.3) is 0 Å². The SMILES string of the molecule is C=C(C)[C@@H]1OC(=O)[C@H](CO)[C@@H]1c1ccccc1. The van der Waals surface area contributed by atoms with Crippen LogP contribution in [0.15, 0.2) is 42.5 Å². The molecule has 1 heterocycles. The van der Waals surface area contributed by atoms with Crippen molar-refractivity contribution in [1.29, 1.82) is 0 Å². The van der Waals surface area contributed by atoms with Gasteiger partial charge in [-0.3, -0.25) is 4.79 Å². The Morgan fingerprint density at radius 3 is 2.59 bits per heavy atom. The van der Waals surface area contributed by atoms with E-state index in [0.29, 0.717) is 0 Å². The van der Waals surface area contributed by atoms with E-state index in [9.17, 15) is 9.90 Å². The van der Waals surface area contributed by atoms with Gasteiger partial charge in [-0.15, -0.1) is 0 Å². The maximum Gasteiger partial charge on any atom is 0.312 e. The van der Waals surface area contributed by atoms with Gasteiger partial charge in [0.15, 0.2) is 0 Å². The first-order valence-electron chi connectivity index (χ1n) is 5.67. The van der Waals surface area contributed by atoms with Crippen molar-refractivity contribution in [3.8, 4) is 0 Å². The number of ether oxygens (including phenoxy) is 1. The molecule has 0 radical (unpaired) electrons. The minimum Gasteiger partial charge on any atom is -0.457 e. The van der Waals surface area contributed by atoms with Crippen LogP contribution in [-0.2, 0) is 9.53 Å². The van der Waals surface area contributed by atoms with Gasteiger partial charge >= 0.3 is 5.97 Å². The fourth-order valence-electron chi connectivity index (χ4n) is 2.32. The Hall–Kier alpha value is -1.61. The van der Waals surface area contributed by atoms with E-state index < -0.39 is 5.92 Å². The van der Waals surface area contributed by atoms with Crippen LogP contribution in [0.3, 0.4) is 0 Å². The number of esters is 1. The van der Waals surface area contributed by atoms with Crippen molar-refractivity contribution < 1.29 is 14.6 Å². The van der Waals surface area contributed by atoms with E-state index in [-0.39, 0.29) is 24.6 Å². The molecule has 0 aliphatic carbocycles. The van der Waals surface area contributed by atoms with Crippen LogP contribution < -0.4 is 0 Å². The Kier molecular flexibility index (Phi) is 3.29. The quantitative estimate of drug-likeness (QED) is 0.639. The molecule has 1 aromatic rings. The standard InChI is InChI=1S/C14H16O3/c1-9(2)13-12(10-6-4-3-5-7-10)11(8-15)14(16)17-13/h3-7,11-13,15H,1,8H2,2H3/t11-,12+,13+/m1/s1. The minimum absolute atomic E-state index is 0.133. The first-order valence-corrected chi connectivity index (χ1v) is 5.67. The molecule has 0 saturated carbocycles. The summed E-state index contributed by atoms with van der Waals surface area (Å²) < 4.78 is 5.29. The van der Waals surface area contributed by atoms with E-state index in [1.165, 1.54) is 0 Å². The first-order chi connectivity index (χ1) is 8.15. The maximum absolute atomic E-state index is 11.7. The van der Waals surface area contributed by atoms with Gasteiger partial charge in [0.1, 0.15) is 6.10 Å². The van der Waals surface area contributed by atoms with Gasteiger partial charge < -0.3 is 9.84 Å². The molecule has 1 fully saturated rings. The molecule has 0 aromatic heterocycles. The summed E-state index contributed by atoms with van der Waals surface area (Å²) in [6, 6.07) is 9.66. The average Bonchev–Trinajstić information content (AvgIpc) is 2.67. The summed E-state index contributed by atoms with van der Waals surface area (Å²) >= 11 is 0. The molecule has 1 aliphatic heterocycles. The molecule has 0 spiro atoms. The Morgan fingerprint density at radius 2 is 2.06 bits per heavy atom. The molecule has 0 amide bonds. The molecule has 1 N–H and O–H groups in total. The van der Waals surface area contributed by atoms with E-state index in [1.54, 1.807) is 0 Å². The normalized spacial score (nSPS) is 27.9. The zero-order chi connectivity index (χ0) is 12.4. The van der Waals surface area contributed by atoms with Gasteiger partial charge in [-0.05, 0) is 18.1 Å². The number of hydrogen-bond acceptors (Lipinski definition) is 3. The lowest BCUT2D eigenvalue weighted by Crippen LogP contribution is -2.22. The van der Waals surface area contributed by atoms with E-state index in [4.69, 9.17) is 4.74 Å². The number of benzene rings is 1. The number of carbonyl (C=O) groups is 1. The monoisotopic (exact) mass is 232 g/mol. The second-order valence-corrected chi connectivity index (χ2v) is 4.43. The van der Waals surface area contributed by atoms with E-state index >= 15 is 0 Å². The van der Waals surface area contributed by atoms with Crippen molar-refractivity contribution in [2.75, 3.05) is 6.61 Å². The highest BCUT2D eigenvalue weighted by molar-refractivity contribution is 5.77. The zero-order valence-electron chi connectivity index (χ0n) is 9.80. The van der Waals surface area contributed by atoms with Crippen molar-refractivity contribution in [2.45, 2.75) is 18.9 Å². The number of aliphatic hydroxyl groups is 1. The van der Waals surface area contributed by atoms with Crippen LogP contribution in [0.2, 0.25) is 0 Å². The third-order valence-electron chi connectivity index (χ3n) is 3.17. The van der Waals surface area contributed by atoms with E-state index in [2.05, 4.69) is 6.58 Å². The average molecular weight is 232 g/mol. The molecule has 1 aromatic carbocycles. The lowest BCUT2D eigenvalue weighted by Gasteiger charge is -2.20. The summed E-state index contributed by atoms with van der Waals surface area (Å²) in [6.07, 6.45) is -0.331. The summed E-state index contributed by atoms with van der Waals surface area (Å²) in [4.78, 5) is 11.7. The Bertz CT molecular complexity index is 424. The Balaban J connectivity index is 2.39. The van der Waals surface area contributed by atoms with Crippen molar-refractivity contribution >= 4 is 5.97 Å². The second kappa shape index (κ2) is 4.72. The summed E-state index contributed by atoms with van der Waals surface area (Å²) in [5, 5.41) is 9.34. The van der Waals surface area contributed by atoms with Crippen LogP contribution in [0.4, 0.5) is 0 Å². The summed E-state index contributed by atoms with van der Waals surface area (Å²) in [5.74, 6) is -0.959. The van der Waals surface area contributed by atoms with Crippen molar-refractivity contribution in [1.82, 2.24) is 0 Å². The number of rotatable bonds is 3. The highest BCUT2D eigenvalue weighted by Crippen LogP contribution is 2.39. The molecule has 3 atom stereocenters. The van der Waals surface area contributed by atoms with Gasteiger partial charge in [0, 0.05) is 5.92 Å². The summed E-state index contributed by atoms with van der Waals surface area (Å²) in [5.41, 5.74) is 1.81. The topological polar surface area (TPSA) is 46.5 Å². The molecular formula is C14H16O3. The van der Waals surface area contributed by atoms with E-state index in [1.807, 2.05) is 37.3 Å². The van der Waals surface area contributed by atoms with Gasteiger partial charge in [0.05, 0.1) is 12.5 Å². The Labute approximate surface area is 101 Å². The van der Waals surface area contributed by atoms with Crippen molar-refractivity contribution in [3.05, 3.63) is 48.0 Å². The minimum atomic E-state index is -0.487. The predicted molar refractivity (Wildman–Crippen MR) is 64.5 cm³/mol. The second-order valence-electron chi connectivity index (χ2n) is 4.43. The van der Waals surface area contributed by atoms with Crippen LogP contribution in [0.5, 0.6) is 0 Å². The third-order valence-corrected chi connectivity index (χ3v) is 3.17. The molecule has 0 bridgehead atoms. The van der Waals surface area contributed by atoms with Gasteiger partial charge in [-0.25, -0.2) is 0 Å². The molecule has 3 heteroatoms. The van der Waals surface area contributed by atoms with Crippen LogP contribution in [-0.4, -0.2) is 23.8 Å². The lowest BCUT2D eigenvalue weighted by atomic mass is 9.82. The Morgan fingerprint density at radius 1 is 1.41 bits per heavy atom. The van der Waals surface area contributed by atoms with Crippen molar-refractivity contribution in [3.63, 3.8) is 0 Å². The summed E-state index contributed by atoms with van der Waals surface area (Å²) in [7, 11) is 0. The first kappa shape index (κ1) is 11.9. The largest absolute Gasteiger partial charge is 0.457 e. The highest BCUT2D eigenvalue weighted by atomic mass is 16.6. The van der Waals surface area contributed by atoms with Crippen LogP contribution >= 0.6 is 0 Å². The zero-order valence-corrected chi connectivity index (χ0v) is 9.80. The molecule has 1 saturated heterocycles. The lowest BCUT2D eigenvalue weighted by molar-refractivity contribution is -0.144. The van der Waals surface area contributed by atoms with Crippen LogP contribution in [0.1, 0.15) is 18.4 Å². The van der Waals surface area contributed by atoms with Gasteiger partial charge in [0.2, 0.25) is 0 Å². The molecule has 3 nitrogen and oxygen atoms in total. The number of cyclic esters (lactones) is 1. The van der Waals surface area contributed by atoms with Gasteiger partial charge in [-0.2, -0.15) is 0 Å². The number of aliphatic hydroxyl groups excluding tert-OH is 1. The smallest absolute Gasteiger partial charge is 0.312 e. The molecule has 1 aliphatic rings. The van der Waals surface area contributed by atoms with E-state index in [0.717, 1.165) is 11.1 Å². The molecule has 2 rings (SSSR count). The number of hydrogen-bond donors (Lipinski definition) is 1. The van der Waals surface area contributed by atoms with Gasteiger partial charge in [-0.1, -0.05) is 36.9 Å². The summed E-state index contributed by atoms with van der Waals surface area (Å²) in [6.45, 7) is 5.51. The fraction of sp³-hybridized carbons (Fsp3) is 0.357. The van der Waals surface area contributed by atoms with Crippen LogP contribution in [0, 0.1) is 5.92 Å². The molecule has 90 valence electrons. The van der Waals surface area contributed by atoms with Crippen LogP contribution in [0.25, 0.3) is 0 Å². The fourth-order valence-corrected chi connectivity index (χ4v) is 2.32. The number of carbonyl (C=O) groups excluding carboxylic acids is 1. The molecule has 0 unspecified atom stereocenters. The predicted octanol–water partition coefficient (Wildman–Crippen LogP) is 1.88.